The number of ether oxygens (including phenoxy) is 2. The molecule has 2 unspecified atom stereocenters. The fourth-order valence-corrected chi connectivity index (χ4v) is 3.02. The van der Waals surface area contributed by atoms with Crippen molar-refractivity contribution in [2.24, 2.45) is 11.7 Å². The molecule has 0 bridgehead atoms. The summed E-state index contributed by atoms with van der Waals surface area (Å²) in [6, 6.07) is 6.13. The molecule has 92 valence electrons. The average Bonchev–Trinajstić information content (AvgIpc) is 2.83. The molecular weight excluding hydrogens is 282 g/mol. The molecule has 0 radical (unpaired) electrons. The van der Waals surface area contributed by atoms with Gasteiger partial charge in [-0.3, -0.25) is 0 Å². The SMILES string of the molecule is N[C@H]1CC(C2CCOC2)Oc2ccc(Br)cc21. The van der Waals surface area contributed by atoms with Crippen LogP contribution in [0.5, 0.6) is 5.75 Å². The predicted molar refractivity (Wildman–Crippen MR) is 69.0 cm³/mol. The minimum atomic E-state index is 0.0712. The number of halogens is 1. The van der Waals surface area contributed by atoms with Crippen LogP contribution in [0.25, 0.3) is 0 Å². The van der Waals surface area contributed by atoms with Gasteiger partial charge >= 0.3 is 0 Å². The Morgan fingerprint density at radius 1 is 1.35 bits per heavy atom. The third-order valence-electron chi connectivity index (χ3n) is 3.63. The molecule has 17 heavy (non-hydrogen) atoms. The molecule has 2 N–H and O–H groups in total. The highest BCUT2D eigenvalue weighted by atomic mass is 79.9. The first-order valence-electron chi connectivity index (χ1n) is 6.03. The molecule has 2 aliphatic rings. The van der Waals surface area contributed by atoms with Crippen molar-refractivity contribution in [1.82, 2.24) is 0 Å². The fourth-order valence-electron chi connectivity index (χ4n) is 2.64. The molecule has 0 aromatic heterocycles. The number of hydrogen-bond acceptors (Lipinski definition) is 3. The molecular formula is C13H16BrNO2. The maximum atomic E-state index is 6.23. The van der Waals surface area contributed by atoms with Gasteiger partial charge in [-0.05, 0) is 24.6 Å². The van der Waals surface area contributed by atoms with Crippen LogP contribution in [0.15, 0.2) is 22.7 Å². The second-order valence-corrected chi connectivity index (χ2v) is 5.72. The Morgan fingerprint density at radius 2 is 2.24 bits per heavy atom. The van der Waals surface area contributed by atoms with Crippen molar-refractivity contribution >= 4 is 15.9 Å². The highest BCUT2D eigenvalue weighted by Gasteiger charge is 2.33. The minimum absolute atomic E-state index is 0.0712. The normalized spacial score (nSPS) is 32.0. The van der Waals surface area contributed by atoms with Gasteiger partial charge < -0.3 is 15.2 Å². The second-order valence-electron chi connectivity index (χ2n) is 4.80. The van der Waals surface area contributed by atoms with Crippen molar-refractivity contribution in [3.05, 3.63) is 28.2 Å². The van der Waals surface area contributed by atoms with Gasteiger partial charge in [-0.15, -0.1) is 0 Å². The van der Waals surface area contributed by atoms with Crippen molar-refractivity contribution in [3.63, 3.8) is 0 Å². The first-order valence-corrected chi connectivity index (χ1v) is 6.83. The van der Waals surface area contributed by atoms with E-state index in [1.54, 1.807) is 0 Å². The Labute approximate surface area is 109 Å². The van der Waals surface area contributed by atoms with E-state index in [1.165, 1.54) is 0 Å². The monoisotopic (exact) mass is 297 g/mol. The van der Waals surface area contributed by atoms with Crippen LogP contribution in [-0.4, -0.2) is 19.3 Å². The summed E-state index contributed by atoms with van der Waals surface area (Å²) in [5.74, 6) is 1.43. The average molecular weight is 298 g/mol. The zero-order valence-corrected chi connectivity index (χ0v) is 11.2. The quantitative estimate of drug-likeness (QED) is 0.867. The van der Waals surface area contributed by atoms with E-state index in [1.807, 2.05) is 12.1 Å². The molecule has 3 nitrogen and oxygen atoms in total. The van der Waals surface area contributed by atoms with Gasteiger partial charge in [0.05, 0.1) is 6.61 Å². The van der Waals surface area contributed by atoms with Crippen LogP contribution in [0.2, 0.25) is 0 Å². The molecule has 0 saturated carbocycles. The number of nitrogens with two attached hydrogens (primary N) is 1. The summed E-state index contributed by atoms with van der Waals surface area (Å²) >= 11 is 3.47. The Balaban J connectivity index is 1.84. The molecule has 1 aromatic rings. The number of rotatable bonds is 1. The Hall–Kier alpha value is -0.580. The van der Waals surface area contributed by atoms with E-state index in [0.29, 0.717) is 5.92 Å². The standard InChI is InChI=1S/C13H16BrNO2/c14-9-1-2-12-10(5-9)11(15)6-13(17-12)8-3-4-16-7-8/h1-2,5,8,11,13H,3-4,6-7,15H2/t8?,11-,13?/m0/s1. The lowest BCUT2D eigenvalue weighted by Crippen LogP contribution is -2.35. The van der Waals surface area contributed by atoms with E-state index in [4.69, 9.17) is 15.2 Å². The zero-order chi connectivity index (χ0) is 11.8. The van der Waals surface area contributed by atoms with E-state index < -0.39 is 0 Å². The first-order chi connectivity index (χ1) is 8.24. The largest absolute Gasteiger partial charge is 0.490 e. The van der Waals surface area contributed by atoms with Crippen molar-refractivity contribution in [1.29, 1.82) is 0 Å². The number of fused-ring (bicyclic) bond motifs is 1. The smallest absolute Gasteiger partial charge is 0.124 e. The van der Waals surface area contributed by atoms with Gasteiger partial charge in [0.1, 0.15) is 11.9 Å². The summed E-state index contributed by atoms with van der Waals surface area (Å²) in [5, 5.41) is 0. The van der Waals surface area contributed by atoms with Crippen LogP contribution in [0.4, 0.5) is 0 Å². The molecule has 1 fully saturated rings. The molecule has 0 aliphatic carbocycles. The lowest BCUT2D eigenvalue weighted by molar-refractivity contribution is 0.0854. The second kappa shape index (κ2) is 4.59. The zero-order valence-electron chi connectivity index (χ0n) is 9.56. The summed E-state index contributed by atoms with van der Waals surface area (Å²) in [7, 11) is 0. The van der Waals surface area contributed by atoms with Gasteiger partial charge in [-0.2, -0.15) is 0 Å². The van der Waals surface area contributed by atoms with Crippen molar-refractivity contribution < 1.29 is 9.47 Å². The highest BCUT2D eigenvalue weighted by Crippen LogP contribution is 2.38. The highest BCUT2D eigenvalue weighted by molar-refractivity contribution is 9.10. The molecule has 2 heterocycles. The van der Waals surface area contributed by atoms with Crippen molar-refractivity contribution in [2.75, 3.05) is 13.2 Å². The molecule has 1 saturated heterocycles. The van der Waals surface area contributed by atoms with Gasteiger partial charge in [0.2, 0.25) is 0 Å². The third kappa shape index (κ3) is 2.21. The van der Waals surface area contributed by atoms with Crippen molar-refractivity contribution in [2.45, 2.75) is 25.0 Å². The van der Waals surface area contributed by atoms with Crippen LogP contribution >= 0.6 is 15.9 Å². The summed E-state index contributed by atoms with van der Waals surface area (Å²) < 4.78 is 12.5. The van der Waals surface area contributed by atoms with Crippen LogP contribution in [0.3, 0.4) is 0 Å². The summed E-state index contributed by atoms with van der Waals surface area (Å²) in [5.41, 5.74) is 7.34. The molecule has 0 spiro atoms. The fraction of sp³-hybridized carbons (Fsp3) is 0.538. The maximum absolute atomic E-state index is 6.23. The van der Waals surface area contributed by atoms with E-state index in [-0.39, 0.29) is 12.1 Å². The topological polar surface area (TPSA) is 44.5 Å². The van der Waals surface area contributed by atoms with Crippen LogP contribution < -0.4 is 10.5 Å². The van der Waals surface area contributed by atoms with E-state index in [2.05, 4.69) is 22.0 Å². The number of hydrogen-bond donors (Lipinski definition) is 1. The van der Waals surface area contributed by atoms with E-state index in [0.717, 1.165) is 41.8 Å². The Morgan fingerprint density at radius 3 is 3.00 bits per heavy atom. The summed E-state index contributed by atoms with van der Waals surface area (Å²) in [6.45, 7) is 1.66. The predicted octanol–water partition coefficient (Wildman–Crippen LogP) is 2.64. The lowest BCUT2D eigenvalue weighted by atomic mass is 9.90. The Bertz CT molecular complexity index is 418. The van der Waals surface area contributed by atoms with E-state index in [9.17, 15) is 0 Å². The van der Waals surface area contributed by atoms with Crippen LogP contribution in [0.1, 0.15) is 24.4 Å². The van der Waals surface area contributed by atoms with Gasteiger partial charge in [0, 0.05) is 35.0 Å². The van der Waals surface area contributed by atoms with E-state index >= 15 is 0 Å². The first kappa shape index (κ1) is 11.5. The molecule has 2 aliphatic heterocycles. The Kier molecular flexibility index (Phi) is 3.11. The number of benzene rings is 1. The van der Waals surface area contributed by atoms with Crippen LogP contribution in [0, 0.1) is 5.92 Å². The molecule has 1 aromatic carbocycles. The molecule has 3 rings (SSSR count). The summed E-state index contributed by atoms with van der Waals surface area (Å²) in [4.78, 5) is 0. The molecule has 3 atom stereocenters. The lowest BCUT2D eigenvalue weighted by Gasteiger charge is -2.33. The minimum Gasteiger partial charge on any atom is -0.490 e. The van der Waals surface area contributed by atoms with Gasteiger partial charge in [0.15, 0.2) is 0 Å². The third-order valence-corrected chi connectivity index (χ3v) is 4.12. The molecule has 0 amide bonds. The van der Waals surface area contributed by atoms with Gasteiger partial charge in [-0.25, -0.2) is 0 Å². The van der Waals surface area contributed by atoms with Gasteiger partial charge in [-0.1, -0.05) is 15.9 Å². The molecule has 4 heteroatoms. The maximum Gasteiger partial charge on any atom is 0.124 e. The van der Waals surface area contributed by atoms with Gasteiger partial charge in [0.25, 0.3) is 0 Å². The summed E-state index contributed by atoms with van der Waals surface area (Å²) in [6.07, 6.45) is 2.18. The van der Waals surface area contributed by atoms with Crippen LogP contribution in [-0.2, 0) is 4.74 Å². The van der Waals surface area contributed by atoms with Crippen molar-refractivity contribution in [3.8, 4) is 5.75 Å².